The Kier molecular flexibility index (Phi) is 4.65. The summed E-state index contributed by atoms with van der Waals surface area (Å²) in [6.45, 7) is 5.45. The zero-order valence-electron chi connectivity index (χ0n) is 14.6. The average molecular weight is 366 g/mol. The fraction of sp³-hybridized carbons (Fsp3) is 0.533. The summed E-state index contributed by atoms with van der Waals surface area (Å²) in [5.74, 6) is -0.132. The van der Waals surface area contributed by atoms with Crippen LogP contribution in [0.2, 0.25) is 0 Å². The van der Waals surface area contributed by atoms with Crippen molar-refractivity contribution in [2.24, 2.45) is 7.05 Å². The van der Waals surface area contributed by atoms with Gasteiger partial charge in [-0.1, -0.05) is 0 Å². The number of piperazine rings is 1. The number of amides is 1. The summed E-state index contributed by atoms with van der Waals surface area (Å²) < 4.78 is 30.3. The normalized spacial score (nSPS) is 16.4. The summed E-state index contributed by atoms with van der Waals surface area (Å²) in [4.78, 5) is 14.4. The van der Waals surface area contributed by atoms with Crippen LogP contribution in [0.15, 0.2) is 23.4 Å². The summed E-state index contributed by atoms with van der Waals surface area (Å²) in [7, 11) is -1.89. The van der Waals surface area contributed by atoms with Crippen molar-refractivity contribution in [2.75, 3.05) is 26.2 Å². The van der Waals surface area contributed by atoms with Gasteiger partial charge in [0.25, 0.3) is 5.91 Å². The molecule has 2 aromatic heterocycles. The Hall–Kier alpha value is -2.20. The van der Waals surface area contributed by atoms with Crippen LogP contribution >= 0.6 is 0 Å². The van der Waals surface area contributed by atoms with Gasteiger partial charge in [0.05, 0.1) is 5.69 Å². The van der Waals surface area contributed by atoms with Gasteiger partial charge in [-0.05, 0) is 19.9 Å². The Morgan fingerprint density at radius 2 is 1.92 bits per heavy atom. The Labute approximate surface area is 146 Å². The van der Waals surface area contributed by atoms with Gasteiger partial charge in [0.2, 0.25) is 10.0 Å². The lowest BCUT2D eigenvalue weighted by Gasteiger charge is -2.33. The molecule has 1 fully saturated rings. The van der Waals surface area contributed by atoms with Crippen molar-refractivity contribution in [2.45, 2.75) is 25.3 Å². The summed E-state index contributed by atoms with van der Waals surface area (Å²) in [6, 6.07) is 1.66. The van der Waals surface area contributed by atoms with Crippen molar-refractivity contribution in [3.63, 3.8) is 0 Å². The van der Waals surface area contributed by atoms with Gasteiger partial charge < -0.3 is 4.90 Å². The molecule has 0 radical (unpaired) electrons. The van der Waals surface area contributed by atoms with Crippen molar-refractivity contribution in [1.82, 2.24) is 28.8 Å². The second kappa shape index (κ2) is 6.60. The standard InChI is InChI=1S/C15H22N6O3S/c1-4-20-11-14(12(2)17-20)25(23,24)21-9-7-19(8-10-21)15(22)13-5-6-16-18(13)3/h5-6,11H,4,7-10H2,1-3H3. The molecule has 0 aromatic carbocycles. The van der Waals surface area contributed by atoms with Crippen molar-refractivity contribution in [3.05, 3.63) is 29.8 Å². The molecule has 0 unspecified atom stereocenters. The molecule has 1 saturated heterocycles. The molecule has 3 heterocycles. The predicted molar refractivity (Wildman–Crippen MR) is 90.5 cm³/mol. The summed E-state index contributed by atoms with van der Waals surface area (Å²) >= 11 is 0. The lowest BCUT2D eigenvalue weighted by Crippen LogP contribution is -2.50. The zero-order valence-corrected chi connectivity index (χ0v) is 15.4. The monoisotopic (exact) mass is 366 g/mol. The molecular weight excluding hydrogens is 344 g/mol. The molecule has 0 saturated carbocycles. The van der Waals surface area contributed by atoms with Crippen molar-refractivity contribution in [3.8, 4) is 0 Å². The highest BCUT2D eigenvalue weighted by Gasteiger charge is 2.33. The van der Waals surface area contributed by atoms with E-state index in [9.17, 15) is 13.2 Å². The largest absolute Gasteiger partial charge is 0.335 e. The topological polar surface area (TPSA) is 93.3 Å². The molecule has 1 aliphatic heterocycles. The van der Waals surface area contributed by atoms with E-state index in [0.29, 0.717) is 31.0 Å². The van der Waals surface area contributed by atoms with Gasteiger partial charge in [-0.15, -0.1) is 0 Å². The van der Waals surface area contributed by atoms with E-state index >= 15 is 0 Å². The number of hydrogen-bond acceptors (Lipinski definition) is 5. The summed E-state index contributed by atoms with van der Waals surface area (Å²) in [6.07, 6.45) is 3.14. The van der Waals surface area contributed by atoms with E-state index in [0.717, 1.165) is 0 Å². The molecule has 0 N–H and O–H groups in total. The van der Waals surface area contributed by atoms with Gasteiger partial charge in [0.1, 0.15) is 10.6 Å². The molecule has 3 rings (SSSR count). The lowest BCUT2D eigenvalue weighted by atomic mass is 10.3. The van der Waals surface area contributed by atoms with Crippen LogP contribution in [0.4, 0.5) is 0 Å². The Balaban J connectivity index is 1.72. The van der Waals surface area contributed by atoms with Crippen LogP contribution in [0.5, 0.6) is 0 Å². The number of rotatable bonds is 4. The minimum absolute atomic E-state index is 0.132. The molecule has 1 amide bonds. The SMILES string of the molecule is CCn1cc(S(=O)(=O)N2CCN(C(=O)c3ccnn3C)CC2)c(C)n1. The van der Waals surface area contributed by atoms with Gasteiger partial charge in [-0.25, -0.2) is 8.42 Å². The molecule has 1 aliphatic rings. The van der Waals surface area contributed by atoms with E-state index < -0.39 is 10.0 Å². The molecule has 0 atom stereocenters. The average Bonchev–Trinajstić information content (AvgIpc) is 3.20. The first-order chi connectivity index (χ1) is 11.8. The Morgan fingerprint density at radius 1 is 1.24 bits per heavy atom. The first-order valence-corrected chi connectivity index (χ1v) is 9.60. The highest BCUT2D eigenvalue weighted by molar-refractivity contribution is 7.89. The molecule has 0 aliphatic carbocycles. The smallest absolute Gasteiger partial charge is 0.272 e. The predicted octanol–water partition coefficient (Wildman–Crippen LogP) is 0.0916. The van der Waals surface area contributed by atoms with Crippen LogP contribution < -0.4 is 0 Å². The van der Waals surface area contributed by atoms with Crippen molar-refractivity contribution in [1.29, 1.82) is 0 Å². The van der Waals surface area contributed by atoms with Crippen LogP contribution in [-0.4, -0.2) is 69.3 Å². The van der Waals surface area contributed by atoms with E-state index in [1.54, 1.807) is 42.0 Å². The van der Waals surface area contributed by atoms with Gasteiger partial charge in [0.15, 0.2) is 0 Å². The zero-order chi connectivity index (χ0) is 18.2. The third-order valence-corrected chi connectivity index (χ3v) is 6.41. The van der Waals surface area contributed by atoms with E-state index in [4.69, 9.17) is 0 Å². The third-order valence-electron chi connectivity index (χ3n) is 4.41. The molecule has 2 aromatic rings. The van der Waals surface area contributed by atoms with Gasteiger partial charge in [-0.3, -0.25) is 14.2 Å². The van der Waals surface area contributed by atoms with Gasteiger partial charge >= 0.3 is 0 Å². The lowest BCUT2D eigenvalue weighted by molar-refractivity contribution is 0.0686. The number of carbonyl (C=O) groups excluding carboxylic acids is 1. The maximum Gasteiger partial charge on any atom is 0.272 e. The second-order valence-electron chi connectivity index (χ2n) is 5.97. The molecule has 9 nitrogen and oxygen atoms in total. The van der Waals surface area contributed by atoms with E-state index in [-0.39, 0.29) is 23.9 Å². The highest BCUT2D eigenvalue weighted by atomic mass is 32.2. The second-order valence-corrected chi connectivity index (χ2v) is 7.88. The van der Waals surface area contributed by atoms with Crippen LogP contribution in [0.25, 0.3) is 0 Å². The minimum Gasteiger partial charge on any atom is -0.335 e. The fourth-order valence-electron chi connectivity index (χ4n) is 2.93. The van der Waals surface area contributed by atoms with Gasteiger partial charge in [-0.2, -0.15) is 14.5 Å². The molecule has 25 heavy (non-hydrogen) atoms. The van der Waals surface area contributed by atoms with Crippen LogP contribution in [-0.2, 0) is 23.6 Å². The maximum absolute atomic E-state index is 12.9. The van der Waals surface area contributed by atoms with Crippen LogP contribution in [0.1, 0.15) is 23.1 Å². The fourth-order valence-corrected chi connectivity index (χ4v) is 4.52. The Bertz CT molecular complexity index is 877. The molecule has 0 bridgehead atoms. The number of aryl methyl sites for hydroxylation is 3. The third kappa shape index (κ3) is 3.19. The number of aromatic nitrogens is 4. The molecule has 10 heteroatoms. The van der Waals surface area contributed by atoms with E-state index in [1.165, 1.54) is 8.99 Å². The number of nitrogens with zero attached hydrogens (tertiary/aromatic N) is 6. The number of hydrogen-bond donors (Lipinski definition) is 0. The minimum atomic E-state index is -3.60. The van der Waals surface area contributed by atoms with E-state index in [1.807, 2.05) is 6.92 Å². The number of carbonyl (C=O) groups is 1. The maximum atomic E-state index is 12.9. The van der Waals surface area contributed by atoms with Crippen molar-refractivity contribution >= 4 is 15.9 Å². The van der Waals surface area contributed by atoms with Crippen LogP contribution in [0.3, 0.4) is 0 Å². The van der Waals surface area contributed by atoms with Gasteiger partial charge in [0, 0.05) is 52.2 Å². The van der Waals surface area contributed by atoms with E-state index in [2.05, 4.69) is 10.2 Å². The summed E-state index contributed by atoms with van der Waals surface area (Å²) in [5.41, 5.74) is 0.992. The molecular formula is C15H22N6O3S. The first-order valence-electron chi connectivity index (χ1n) is 8.16. The van der Waals surface area contributed by atoms with Crippen LogP contribution in [0, 0.1) is 6.92 Å². The molecule has 136 valence electrons. The van der Waals surface area contributed by atoms with Crippen molar-refractivity contribution < 1.29 is 13.2 Å². The molecule has 0 spiro atoms. The highest BCUT2D eigenvalue weighted by Crippen LogP contribution is 2.21. The summed E-state index contributed by atoms with van der Waals surface area (Å²) in [5, 5.41) is 8.21. The quantitative estimate of drug-likeness (QED) is 0.765. The first kappa shape index (κ1) is 17.6. The number of sulfonamides is 1. The Morgan fingerprint density at radius 3 is 2.44 bits per heavy atom.